The van der Waals surface area contributed by atoms with Gasteiger partial charge in [-0.1, -0.05) is 45.0 Å². The number of nitrogens with zero attached hydrogens (tertiary/aromatic N) is 1. The third-order valence-corrected chi connectivity index (χ3v) is 4.26. The number of fused-ring (bicyclic) bond motifs is 1. The van der Waals surface area contributed by atoms with E-state index in [4.69, 9.17) is 15.2 Å². The highest BCUT2D eigenvalue weighted by Gasteiger charge is 2.40. The first-order valence-corrected chi connectivity index (χ1v) is 8.31. The number of nitriles is 1. The Hall–Kier alpha value is -2.94. The Kier molecular flexibility index (Phi) is 4.17. The maximum atomic E-state index is 9.70. The lowest BCUT2D eigenvalue weighted by Crippen LogP contribution is -2.25. The van der Waals surface area contributed by atoms with Crippen LogP contribution in [0.5, 0.6) is 11.9 Å². The molecule has 0 saturated carbocycles. The monoisotopic (exact) mass is 339 g/mol. The van der Waals surface area contributed by atoms with Gasteiger partial charge in [-0.15, -0.1) is 0 Å². The Labute approximate surface area is 147 Å². The molecule has 0 fully saturated rings. The number of H-pyrrole nitrogens is 2. The normalized spacial score (nSPS) is 16.8. The van der Waals surface area contributed by atoms with Crippen molar-refractivity contribution in [1.82, 2.24) is 4.98 Å². The fourth-order valence-electron chi connectivity index (χ4n) is 3.19. The lowest BCUT2D eigenvalue weighted by atomic mass is 9.77. The van der Waals surface area contributed by atoms with Gasteiger partial charge in [0.05, 0.1) is 12.5 Å². The third-order valence-electron chi connectivity index (χ3n) is 4.26. The lowest BCUT2D eigenvalue weighted by molar-refractivity contribution is -0.405. The number of hydrogen-bond acceptors (Lipinski definition) is 4. The molecule has 1 atom stereocenters. The van der Waals surface area contributed by atoms with E-state index in [0.29, 0.717) is 24.1 Å². The molecule has 6 nitrogen and oxygen atoms in total. The average Bonchev–Trinajstić information content (AvgIpc) is 2.95. The fourth-order valence-corrected chi connectivity index (χ4v) is 3.19. The second-order valence-electron chi connectivity index (χ2n) is 7.02. The van der Waals surface area contributed by atoms with Crippen molar-refractivity contribution in [3.05, 3.63) is 52.5 Å². The SMILES string of the molecule is CCOc1[nH]c2c([nH+]1)OC(N)=C(C#N)C2c1ccccc1C(C)(C)C. The summed E-state index contributed by atoms with van der Waals surface area (Å²) in [7, 11) is 0. The van der Waals surface area contributed by atoms with Gasteiger partial charge in [-0.25, -0.2) is 4.98 Å². The van der Waals surface area contributed by atoms with Crippen LogP contribution in [0.4, 0.5) is 0 Å². The van der Waals surface area contributed by atoms with Crippen LogP contribution in [0.15, 0.2) is 35.7 Å². The summed E-state index contributed by atoms with van der Waals surface area (Å²) < 4.78 is 11.1. The molecule has 0 bridgehead atoms. The van der Waals surface area contributed by atoms with Crippen LogP contribution < -0.4 is 20.2 Å². The number of aromatic amines is 2. The first kappa shape index (κ1) is 16.9. The Bertz CT molecular complexity index is 868. The van der Waals surface area contributed by atoms with E-state index in [1.165, 1.54) is 0 Å². The molecule has 1 unspecified atom stereocenters. The molecular weight excluding hydrogens is 316 g/mol. The van der Waals surface area contributed by atoms with Crippen LogP contribution in [-0.4, -0.2) is 11.6 Å². The minimum absolute atomic E-state index is 0.0799. The topological polar surface area (TPSA) is 98.2 Å². The molecule has 1 aliphatic rings. The van der Waals surface area contributed by atoms with Crippen molar-refractivity contribution in [1.29, 1.82) is 5.26 Å². The highest BCUT2D eigenvalue weighted by Crippen LogP contribution is 2.43. The van der Waals surface area contributed by atoms with E-state index in [0.717, 1.165) is 16.8 Å². The van der Waals surface area contributed by atoms with E-state index in [9.17, 15) is 5.26 Å². The van der Waals surface area contributed by atoms with Crippen molar-refractivity contribution in [2.45, 2.75) is 39.0 Å². The van der Waals surface area contributed by atoms with Crippen LogP contribution >= 0.6 is 0 Å². The zero-order valence-corrected chi connectivity index (χ0v) is 14.9. The maximum Gasteiger partial charge on any atom is 0.454 e. The summed E-state index contributed by atoms with van der Waals surface area (Å²) in [6, 6.07) is 10.8. The number of hydrogen-bond donors (Lipinski definition) is 2. The van der Waals surface area contributed by atoms with Crippen LogP contribution in [0.2, 0.25) is 0 Å². The number of imidazole rings is 1. The molecule has 0 saturated heterocycles. The molecular formula is C19H23N4O2+. The summed E-state index contributed by atoms with van der Waals surface area (Å²) >= 11 is 0. The van der Waals surface area contributed by atoms with Gasteiger partial charge in [0, 0.05) is 0 Å². The molecule has 4 N–H and O–H groups in total. The van der Waals surface area contributed by atoms with Crippen LogP contribution in [0.1, 0.15) is 50.4 Å². The molecule has 1 aromatic carbocycles. The first-order chi connectivity index (χ1) is 11.9. The Morgan fingerprint density at radius 2 is 2.08 bits per heavy atom. The third kappa shape index (κ3) is 2.93. The van der Waals surface area contributed by atoms with Gasteiger partial charge in [-0.2, -0.15) is 10.2 Å². The Balaban J connectivity index is 2.23. The van der Waals surface area contributed by atoms with Gasteiger partial charge >= 0.3 is 11.9 Å². The van der Waals surface area contributed by atoms with Crippen molar-refractivity contribution in [3.63, 3.8) is 0 Å². The molecule has 2 heterocycles. The predicted molar refractivity (Wildman–Crippen MR) is 93.0 cm³/mol. The van der Waals surface area contributed by atoms with E-state index in [1.54, 1.807) is 0 Å². The molecule has 1 aromatic heterocycles. The molecule has 0 amide bonds. The summed E-state index contributed by atoms with van der Waals surface area (Å²) in [6.07, 6.45) is 0. The largest absolute Gasteiger partial charge is 0.454 e. The Morgan fingerprint density at radius 3 is 2.72 bits per heavy atom. The van der Waals surface area contributed by atoms with Crippen molar-refractivity contribution in [2.24, 2.45) is 5.73 Å². The van der Waals surface area contributed by atoms with Gasteiger partial charge in [-0.3, -0.25) is 0 Å². The van der Waals surface area contributed by atoms with E-state index in [-0.39, 0.29) is 17.2 Å². The molecule has 130 valence electrons. The number of aromatic nitrogens is 2. The summed E-state index contributed by atoms with van der Waals surface area (Å²) in [4.78, 5) is 6.25. The van der Waals surface area contributed by atoms with Crippen LogP contribution in [0, 0.1) is 11.3 Å². The zero-order chi connectivity index (χ0) is 18.2. The van der Waals surface area contributed by atoms with E-state index in [1.807, 2.05) is 25.1 Å². The summed E-state index contributed by atoms with van der Waals surface area (Å²) in [6.45, 7) is 8.86. The average molecular weight is 339 g/mol. The van der Waals surface area contributed by atoms with Crippen LogP contribution in [0.3, 0.4) is 0 Å². The smallest absolute Gasteiger partial charge is 0.431 e. The highest BCUT2D eigenvalue weighted by molar-refractivity contribution is 5.53. The second kappa shape index (κ2) is 6.17. The first-order valence-electron chi connectivity index (χ1n) is 8.31. The van der Waals surface area contributed by atoms with Crippen LogP contribution in [-0.2, 0) is 5.41 Å². The number of rotatable bonds is 3. The number of nitrogens with one attached hydrogen (secondary N) is 2. The molecule has 1 aliphatic heterocycles. The molecule has 3 rings (SSSR count). The summed E-state index contributed by atoms with van der Waals surface area (Å²) in [5.41, 5.74) is 9.27. The van der Waals surface area contributed by atoms with Gasteiger partial charge < -0.3 is 15.2 Å². The highest BCUT2D eigenvalue weighted by atomic mass is 16.5. The molecule has 2 aromatic rings. The Morgan fingerprint density at radius 1 is 1.36 bits per heavy atom. The molecule has 6 heteroatoms. The van der Waals surface area contributed by atoms with Crippen molar-refractivity contribution in [2.75, 3.05) is 6.61 Å². The zero-order valence-electron chi connectivity index (χ0n) is 14.9. The van der Waals surface area contributed by atoms with E-state index >= 15 is 0 Å². The van der Waals surface area contributed by atoms with Crippen molar-refractivity contribution >= 4 is 0 Å². The van der Waals surface area contributed by atoms with E-state index in [2.05, 4.69) is 42.9 Å². The van der Waals surface area contributed by atoms with E-state index < -0.39 is 0 Å². The van der Waals surface area contributed by atoms with Gasteiger partial charge in [0.1, 0.15) is 11.6 Å². The van der Waals surface area contributed by atoms with Crippen LogP contribution in [0.25, 0.3) is 0 Å². The van der Waals surface area contributed by atoms with Gasteiger partial charge in [0.2, 0.25) is 11.6 Å². The fraction of sp³-hybridized carbons (Fsp3) is 0.368. The number of benzene rings is 1. The van der Waals surface area contributed by atoms with Crippen molar-refractivity contribution < 1.29 is 14.5 Å². The van der Waals surface area contributed by atoms with Gasteiger partial charge in [-0.05, 0) is 23.5 Å². The lowest BCUT2D eigenvalue weighted by Gasteiger charge is -2.27. The van der Waals surface area contributed by atoms with Crippen molar-refractivity contribution in [3.8, 4) is 18.0 Å². The predicted octanol–water partition coefficient (Wildman–Crippen LogP) is 2.74. The number of ether oxygens (including phenoxy) is 2. The van der Waals surface area contributed by atoms with Gasteiger partial charge in [0.25, 0.3) is 0 Å². The summed E-state index contributed by atoms with van der Waals surface area (Å²) in [5.74, 6) is 0.255. The number of nitrogens with two attached hydrogens (primary N) is 1. The standard InChI is InChI=1S/C19H22N4O2/c1-5-24-18-22-15-14(12(10-20)16(21)25-17(15)23-18)11-8-6-7-9-13(11)19(2,3)4/h6-9,14H,5,21H2,1-4H3,(H,22,23)/p+1. The maximum absolute atomic E-state index is 9.70. The minimum atomic E-state index is -0.338. The molecule has 0 radical (unpaired) electrons. The molecule has 0 aliphatic carbocycles. The minimum Gasteiger partial charge on any atom is -0.431 e. The second-order valence-corrected chi connectivity index (χ2v) is 7.02. The summed E-state index contributed by atoms with van der Waals surface area (Å²) in [5, 5.41) is 9.70. The molecule has 25 heavy (non-hydrogen) atoms. The number of allylic oxidation sites excluding steroid dienone is 1. The molecule has 0 spiro atoms. The quantitative estimate of drug-likeness (QED) is 0.898. The van der Waals surface area contributed by atoms with Gasteiger partial charge in [0.15, 0.2) is 0 Å².